The molecule has 0 saturated heterocycles. The number of anilines is 1. The normalized spacial score (nSPS) is 15.0. The maximum atomic E-state index is 13.4. The first kappa shape index (κ1) is 19.0. The molecule has 1 atom stereocenters. The Morgan fingerprint density at radius 2 is 1.96 bits per heavy atom. The van der Waals surface area contributed by atoms with Gasteiger partial charge in [-0.3, -0.25) is 9.48 Å². The van der Waals surface area contributed by atoms with Gasteiger partial charge in [-0.25, -0.2) is 4.98 Å². The molecule has 2 aromatic rings. The summed E-state index contributed by atoms with van der Waals surface area (Å²) >= 11 is 0. The molecule has 0 aliphatic rings. The van der Waals surface area contributed by atoms with E-state index in [1.165, 1.54) is 25.6 Å². The number of rotatable bonds is 4. The quantitative estimate of drug-likeness (QED) is 0.876. The fourth-order valence-corrected chi connectivity index (χ4v) is 2.26. The van der Waals surface area contributed by atoms with Crippen LogP contribution in [0.4, 0.5) is 18.9 Å². The van der Waals surface area contributed by atoms with E-state index in [1.54, 1.807) is 4.68 Å². The molecule has 0 aromatic carbocycles. The van der Waals surface area contributed by atoms with Crippen LogP contribution in [-0.2, 0) is 23.0 Å². The molecule has 138 valence electrons. The highest BCUT2D eigenvalue weighted by molar-refractivity contribution is 5.91. The van der Waals surface area contributed by atoms with Crippen LogP contribution in [0.25, 0.3) is 0 Å². The van der Waals surface area contributed by atoms with E-state index in [4.69, 9.17) is 0 Å². The summed E-state index contributed by atoms with van der Waals surface area (Å²) < 4.78 is 42.8. The minimum absolute atomic E-state index is 0.240. The number of nitrogens with one attached hydrogen (secondary N) is 1. The Kier molecular flexibility index (Phi) is 4.69. The number of alkyl halides is 3. The zero-order chi connectivity index (χ0) is 19.0. The third-order valence-electron chi connectivity index (χ3n) is 3.63. The van der Waals surface area contributed by atoms with E-state index in [0.717, 1.165) is 10.8 Å². The van der Waals surface area contributed by atoms with Gasteiger partial charge in [-0.1, -0.05) is 0 Å². The molecule has 10 heteroatoms. The zero-order valence-corrected chi connectivity index (χ0v) is 14.3. The number of hydrogen-bond donors (Lipinski definition) is 2. The number of nitrogens with zero attached hydrogens (tertiary/aromatic N) is 4. The van der Waals surface area contributed by atoms with E-state index in [0.29, 0.717) is 0 Å². The van der Waals surface area contributed by atoms with Crippen molar-refractivity contribution in [1.82, 2.24) is 19.3 Å². The minimum Gasteiger partial charge on any atom is -0.374 e. The fourth-order valence-electron chi connectivity index (χ4n) is 2.26. The fraction of sp³-hybridized carbons (Fsp3) is 0.533. The summed E-state index contributed by atoms with van der Waals surface area (Å²) in [4.78, 5) is 15.6. The number of imidazole rings is 1. The maximum Gasteiger partial charge on any atom is 0.425 e. The Bertz CT molecular complexity index is 760. The summed E-state index contributed by atoms with van der Waals surface area (Å²) in [6.45, 7) is 5.65. The van der Waals surface area contributed by atoms with Gasteiger partial charge < -0.3 is 15.0 Å². The van der Waals surface area contributed by atoms with E-state index in [-0.39, 0.29) is 11.2 Å². The van der Waals surface area contributed by atoms with Gasteiger partial charge in [0.25, 0.3) is 0 Å². The van der Waals surface area contributed by atoms with Crippen LogP contribution in [0.2, 0.25) is 0 Å². The van der Waals surface area contributed by atoms with Crippen LogP contribution < -0.4 is 5.32 Å². The summed E-state index contributed by atoms with van der Waals surface area (Å²) in [5.41, 5.74) is -3.50. The predicted molar refractivity (Wildman–Crippen MR) is 83.6 cm³/mol. The van der Waals surface area contributed by atoms with Crippen LogP contribution in [0, 0.1) is 0 Å². The van der Waals surface area contributed by atoms with E-state index >= 15 is 0 Å². The van der Waals surface area contributed by atoms with Crippen molar-refractivity contribution < 1.29 is 23.1 Å². The lowest BCUT2D eigenvalue weighted by molar-refractivity contribution is -0.270. The van der Waals surface area contributed by atoms with E-state index < -0.39 is 29.9 Å². The number of hydrogen-bond acceptors (Lipinski definition) is 4. The topological polar surface area (TPSA) is 85.0 Å². The second kappa shape index (κ2) is 6.17. The first-order valence-corrected chi connectivity index (χ1v) is 7.46. The molecule has 25 heavy (non-hydrogen) atoms. The first-order chi connectivity index (χ1) is 11.3. The highest BCUT2D eigenvalue weighted by Gasteiger charge is 2.58. The van der Waals surface area contributed by atoms with E-state index in [9.17, 15) is 23.1 Å². The Morgan fingerprint density at radius 1 is 1.32 bits per heavy atom. The molecular weight excluding hydrogens is 339 g/mol. The van der Waals surface area contributed by atoms with Crippen molar-refractivity contribution in [1.29, 1.82) is 0 Å². The first-order valence-electron chi connectivity index (χ1n) is 7.46. The van der Waals surface area contributed by atoms with Crippen molar-refractivity contribution in [3.63, 3.8) is 0 Å². The number of halogens is 3. The van der Waals surface area contributed by atoms with Gasteiger partial charge in [0.15, 0.2) is 5.82 Å². The molecule has 1 amide bonds. The van der Waals surface area contributed by atoms with Crippen LogP contribution >= 0.6 is 0 Å². The zero-order valence-electron chi connectivity index (χ0n) is 14.3. The standard InChI is InChI=1S/C15H20F3N5O2/c1-13(2,3)23-9-10(8-20-23)21-11(24)7-14(25,15(16,17)18)12-19-5-6-22(12)4/h5-6,8-9,25H,7H2,1-4H3,(H,21,24). The van der Waals surface area contributed by atoms with Crippen molar-refractivity contribution >= 4 is 11.6 Å². The molecule has 2 rings (SSSR count). The van der Waals surface area contributed by atoms with Crippen molar-refractivity contribution in [2.45, 2.75) is 44.5 Å². The molecule has 0 aliphatic heterocycles. The van der Waals surface area contributed by atoms with Crippen molar-refractivity contribution in [3.8, 4) is 0 Å². The molecular formula is C15H20F3N5O2. The number of carbonyl (C=O) groups is 1. The van der Waals surface area contributed by atoms with Gasteiger partial charge >= 0.3 is 6.18 Å². The maximum absolute atomic E-state index is 13.4. The lowest BCUT2D eigenvalue weighted by Crippen LogP contribution is -2.46. The molecule has 2 aromatic heterocycles. The van der Waals surface area contributed by atoms with Crippen LogP contribution in [0.1, 0.15) is 33.0 Å². The average Bonchev–Trinajstić information content (AvgIpc) is 3.05. The third-order valence-corrected chi connectivity index (χ3v) is 3.63. The Hall–Kier alpha value is -2.36. The minimum atomic E-state index is -5.07. The molecule has 7 nitrogen and oxygen atoms in total. The lowest BCUT2D eigenvalue weighted by Gasteiger charge is -2.29. The molecule has 2 N–H and O–H groups in total. The summed E-state index contributed by atoms with van der Waals surface area (Å²) in [5, 5.41) is 16.6. The van der Waals surface area contributed by atoms with Crippen LogP contribution in [0.5, 0.6) is 0 Å². The molecule has 0 bridgehead atoms. The van der Waals surface area contributed by atoms with Gasteiger partial charge in [0.05, 0.1) is 23.8 Å². The van der Waals surface area contributed by atoms with Crippen molar-refractivity contribution in [3.05, 3.63) is 30.6 Å². The van der Waals surface area contributed by atoms with Crippen molar-refractivity contribution in [2.24, 2.45) is 7.05 Å². The van der Waals surface area contributed by atoms with E-state index in [1.807, 2.05) is 20.8 Å². The van der Waals surface area contributed by atoms with Gasteiger partial charge in [-0.15, -0.1) is 0 Å². The second-order valence-electron chi connectivity index (χ2n) is 6.79. The summed E-state index contributed by atoms with van der Waals surface area (Å²) in [7, 11) is 1.31. The molecule has 0 aliphatic carbocycles. The van der Waals surface area contributed by atoms with Gasteiger partial charge in [0.1, 0.15) is 0 Å². The van der Waals surface area contributed by atoms with Gasteiger partial charge in [0.2, 0.25) is 11.5 Å². The van der Waals surface area contributed by atoms with Gasteiger partial charge in [-0.05, 0) is 20.8 Å². The molecule has 1 unspecified atom stereocenters. The molecule has 0 spiro atoms. The lowest BCUT2D eigenvalue weighted by atomic mass is 9.97. The Labute approximate surface area is 142 Å². The van der Waals surface area contributed by atoms with Gasteiger partial charge in [-0.2, -0.15) is 18.3 Å². The second-order valence-corrected chi connectivity index (χ2v) is 6.79. The van der Waals surface area contributed by atoms with E-state index in [2.05, 4.69) is 15.4 Å². The summed E-state index contributed by atoms with van der Waals surface area (Å²) in [6, 6.07) is 0. The Morgan fingerprint density at radius 3 is 2.40 bits per heavy atom. The summed E-state index contributed by atoms with van der Waals surface area (Å²) in [5.74, 6) is -1.66. The Balaban J connectivity index is 2.21. The predicted octanol–water partition coefficient (Wildman–Crippen LogP) is 2.15. The number of amides is 1. The molecule has 0 radical (unpaired) electrons. The molecule has 0 fully saturated rings. The van der Waals surface area contributed by atoms with Crippen LogP contribution in [-0.4, -0.2) is 36.5 Å². The van der Waals surface area contributed by atoms with Gasteiger partial charge in [0, 0.05) is 25.6 Å². The van der Waals surface area contributed by atoms with Crippen LogP contribution in [0.3, 0.4) is 0 Å². The smallest absolute Gasteiger partial charge is 0.374 e. The number of aliphatic hydroxyl groups is 1. The largest absolute Gasteiger partial charge is 0.425 e. The highest BCUT2D eigenvalue weighted by Crippen LogP contribution is 2.40. The monoisotopic (exact) mass is 359 g/mol. The number of aryl methyl sites for hydroxylation is 1. The number of aromatic nitrogens is 4. The average molecular weight is 359 g/mol. The number of carbonyl (C=O) groups excluding carboxylic acids is 1. The third kappa shape index (κ3) is 3.84. The van der Waals surface area contributed by atoms with Crippen LogP contribution in [0.15, 0.2) is 24.8 Å². The highest BCUT2D eigenvalue weighted by atomic mass is 19.4. The SMILES string of the molecule is Cn1ccnc1C(O)(CC(=O)Nc1cnn(C(C)(C)C)c1)C(F)(F)F. The molecule has 2 heterocycles. The van der Waals surface area contributed by atoms with Crippen molar-refractivity contribution in [2.75, 3.05) is 5.32 Å². The molecule has 0 saturated carbocycles. The summed E-state index contributed by atoms with van der Waals surface area (Å²) in [6.07, 6.45) is -1.07.